The second-order valence-corrected chi connectivity index (χ2v) is 4.30. The van der Waals surface area contributed by atoms with Gasteiger partial charge >= 0.3 is 0 Å². The highest BCUT2D eigenvalue weighted by molar-refractivity contribution is 5.44. The first-order valence-corrected chi connectivity index (χ1v) is 5.18. The Bertz CT molecular complexity index is 350. The van der Waals surface area contributed by atoms with E-state index in [0.29, 0.717) is 0 Å². The normalized spacial score (nSPS) is 20.4. The Labute approximate surface area is 79.2 Å². The summed E-state index contributed by atoms with van der Waals surface area (Å²) in [6.07, 6.45) is 2.82. The van der Waals surface area contributed by atoms with E-state index in [9.17, 15) is 0 Å². The maximum absolute atomic E-state index is 3.42. The fourth-order valence-corrected chi connectivity index (χ4v) is 2.40. The molecule has 1 nitrogen and oxygen atoms in total. The molecule has 1 N–H and O–H groups in total. The minimum absolute atomic E-state index is 0.894. The van der Waals surface area contributed by atoms with Gasteiger partial charge in [-0.3, -0.25) is 0 Å². The Balaban J connectivity index is 2.13. The molecule has 0 spiro atoms. The van der Waals surface area contributed by atoms with Crippen LogP contribution >= 0.6 is 0 Å². The first-order chi connectivity index (χ1) is 6.36. The molecule has 0 bridgehead atoms. The molecule has 0 saturated heterocycles. The van der Waals surface area contributed by atoms with Gasteiger partial charge in [-0.05, 0) is 47.9 Å². The molecule has 1 aromatic rings. The number of hydrogen-bond acceptors (Lipinski definition) is 1. The maximum atomic E-state index is 3.42. The van der Waals surface area contributed by atoms with Crippen molar-refractivity contribution < 1.29 is 0 Å². The second-order valence-electron chi connectivity index (χ2n) is 4.30. The van der Waals surface area contributed by atoms with E-state index in [4.69, 9.17) is 0 Å². The van der Waals surface area contributed by atoms with Crippen molar-refractivity contribution in [1.82, 2.24) is 5.32 Å². The first kappa shape index (κ1) is 7.57. The Morgan fingerprint density at radius 1 is 1.23 bits per heavy atom. The summed E-state index contributed by atoms with van der Waals surface area (Å²) in [5.74, 6) is 0.894. The van der Waals surface area contributed by atoms with E-state index in [2.05, 4.69) is 24.4 Å². The van der Waals surface area contributed by atoms with Crippen LogP contribution in [0.5, 0.6) is 0 Å². The van der Waals surface area contributed by atoms with Crippen LogP contribution in [0.1, 0.15) is 41.0 Å². The predicted octanol–water partition coefficient (Wildman–Crippen LogP) is 2.48. The summed E-state index contributed by atoms with van der Waals surface area (Å²) in [4.78, 5) is 0. The van der Waals surface area contributed by atoms with Crippen molar-refractivity contribution in [3.05, 3.63) is 34.4 Å². The minimum Gasteiger partial charge on any atom is -0.309 e. The molecule has 68 valence electrons. The van der Waals surface area contributed by atoms with Gasteiger partial charge < -0.3 is 5.32 Å². The molecule has 0 atom stereocenters. The van der Waals surface area contributed by atoms with E-state index in [-0.39, 0.29) is 0 Å². The molecule has 1 fully saturated rings. The predicted molar refractivity (Wildman–Crippen MR) is 53.7 cm³/mol. The van der Waals surface area contributed by atoms with E-state index in [0.717, 1.165) is 19.0 Å². The lowest BCUT2D eigenvalue weighted by Gasteiger charge is -2.08. The molecule has 1 saturated carbocycles. The van der Waals surface area contributed by atoms with Gasteiger partial charge in [0.25, 0.3) is 0 Å². The van der Waals surface area contributed by atoms with Crippen molar-refractivity contribution in [2.75, 3.05) is 0 Å². The van der Waals surface area contributed by atoms with Gasteiger partial charge in [0.2, 0.25) is 0 Å². The minimum atomic E-state index is 0.894. The lowest BCUT2D eigenvalue weighted by atomic mass is 9.96. The summed E-state index contributed by atoms with van der Waals surface area (Å²) < 4.78 is 0. The lowest BCUT2D eigenvalue weighted by molar-refractivity contribution is 0.763. The number of benzene rings is 1. The van der Waals surface area contributed by atoms with Crippen molar-refractivity contribution in [3.63, 3.8) is 0 Å². The summed E-state index contributed by atoms with van der Waals surface area (Å²) in [5, 5.41) is 3.42. The topological polar surface area (TPSA) is 12.0 Å². The summed E-state index contributed by atoms with van der Waals surface area (Å²) in [5.41, 5.74) is 6.26. The lowest BCUT2D eigenvalue weighted by Crippen LogP contribution is -2.00. The van der Waals surface area contributed by atoms with Crippen LogP contribution in [0, 0.1) is 6.92 Å². The van der Waals surface area contributed by atoms with Crippen LogP contribution in [0.2, 0.25) is 0 Å². The molecular weight excluding hydrogens is 158 g/mol. The number of nitrogens with one attached hydrogen (secondary N) is 1. The van der Waals surface area contributed by atoms with Crippen LogP contribution in [-0.4, -0.2) is 0 Å². The molecule has 0 radical (unpaired) electrons. The average Bonchev–Trinajstić information content (AvgIpc) is 2.83. The van der Waals surface area contributed by atoms with Crippen LogP contribution in [0.3, 0.4) is 0 Å². The van der Waals surface area contributed by atoms with Crippen molar-refractivity contribution in [1.29, 1.82) is 0 Å². The molecular formula is C12H15N. The van der Waals surface area contributed by atoms with Gasteiger partial charge in [0.15, 0.2) is 0 Å². The first-order valence-electron chi connectivity index (χ1n) is 5.18. The molecule has 1 heteroatoms. The zero-order valence-electron chi connectivity index (χ0n) is 8.06. The average molecular weight is 173 g/mol. The second kappa shape index (κ2) is 2.58. The van der Waals surface area contributed by atoms with Gasteiger partial charge in [-0.1, -0.05) is 12.1 Å². The monoisotopic (exact) mass is 173 g/mol. The largest absolute Gasteiger partial charge is 0.309 e. The van der Waals surface area contributed by atoms with Crippen LogP contribution < -0.4 is 5.32 Å². The van der Waals surface area contributed by atoms with Crippen LogP contribution in [0.25, 0.3) is 0 Å². The molecule has 1 heterocycles. The molecule has 1 aliphatic heterocycles. The van der Waals surface area contributed by atoms with E-state index in [1.807, 2.05) is 0 Å². The fourth-order valence-electron chi connectivity index (χ4n) is 2.40. The maximum Gasteiger partial charge on any atom is 0.0214 e. The standard InChI is InChI=1S/C12H15N/c1-8-11(9-2-3-9)5-4-10-6-13-7-12(8)10/h4-5,9,13H,2-3,6-7H2,1H3. The quantitative estimate of drug-likeness (QED) is 0.688. The van der Waals surface area contributed by atoms with Crippen molar-refractivity contribution in [2.24, 2.45) is 0 Å². The highest BCUT2D eigenvalue weighted by Gasteiger charge is 2.27. The SMILES string of the molecule is Cc1c(C2CC2)ccc2c1CNC2. The highest BCUT2D eigenvalue weighted by Crippen LogP contribution is 2.42. The van der Waals surface area contributed by atoms with Crippen LogP contribution in [0.4, 0.5) is 0 Å². The van der Waals surface area contributed by atoms with Crippen LogP contribution in [0.15, 0.2) is 12.1 Å². The smallest absolute Gasteiger partial charge is 0.0214 e. The summed E-state index contributed by atoms with van der Waals surface area (Å²) in [7, 11) is 0. The highest BCUT2D eigenvalue weighted by atomic mass is 14.9. The molecule has 1 aliphatic carbocycles. The van der Waals surface area contributed by atoms with Crippen molar-refractivity contribution in [2.45, 2.75) is 38.8 Å². The van der Waals surface area contributed by atoms with Crippen LogP contribution in [-0.2, 0) is 13.1 Å². The zero-order valence-corrected chi connectivity index (χ0v) is 8.06. The van der Waals surface area contributed by atoms with Crippen molar-refractivity contribution >= 4 is 0 Å². The number of hydrogen-bond donors (Lipinski definition) is 1. The summed E-state index contributed by atoms with van der Waals surface area (Å²) in [6, 6.07) is 4.66. The number of rotatable bonds is 1. The van der Waals surface area contributed by atoms with Gasteiger partial charge in [-0.25, -0.2) is 0 Å². The molecule has 13 heavy (non-hydrogen) atoms. The fraction of sp³-hybridized carbons (Fsp3) is 0.500. The Morgan fingerprint density at radius 2 is 2.08 bits per heavy atom. The van der Waals surface area contributed by atoms with Gasteiger partial charge in [0.1, 0.15) is 0 Å². The summed E-state index contributed by atoms with van der Waals surface area (Å²) in [6.45, 7) is 4.45. The van der Waals surface area contributed by atoms with Gasteiger partial charge in [-0.15, -0.1) is 0 Å². The Morgan fingerprint density at radius 3 is 2.85 bits per heavy atom. The zero-order chi connectivity index (χ0) is 8.84. The Kier molecular flexibility index (Phi) is 1.50. The third-order valence-corrected chi connectivity index (χ3v) is 3.37. The summed E-state index contributed by atoms with van der Waals surface area (Å²) >= 11 is 0. The van der Waals surface area contributed by atoms with Gasteiger partial charge in [0, 0.05) is 13.1 Å². The van der Waals surface area contributed by atoms with Gasteiger partial charge in [0.05, 0.1) is 0 Å². The molecule has 2 aliphatic rings. The number of fused-ring (bicyclic) bond motifs is 1. The third-order valence-electron chi connectivity index (χ3n) is 3.37. The Hall–Kier alpha value is -0.820. The van der Waals surface area contributed by atoms with Crippen molar-refractivity contribution in [3.8, 4) is 0 Å². The van der Waals surface area contributed by atoms with E-state index in [1.54, 1.807) is 16.7 Å². The third kappa shape index (κ3) is 1.11. The molecule has 0 amide bonds. The van der Waals surface area contributed by atoms with Gasteiger partial charge in [-0.2, -0.15) is 0 Å². The van der Waals surface area contributed by atoms with E-state index >= 15 is 0 Å². The molecule has 3 rings (SSSR count). The van der Waals surface area contributed by atoms with E-state index in [1.165, 1.54) is 18.4 Å². The molecule has 0 aromatic heterocycles. The molecule has 0 unspecified atom stereocenters. The molecule has 1 aromatic carbocycles. The van der Waals surface area contributed by atoms with E-state index < -0.39 is 0 Å².